The summed E-state index contributed by atoms with van der Waals surface area (Å²) < 4.78 is 11.1. The number of urea groups is 1. The highest BCUT2D eigenvalue weighted by Crippen LogP contribution is 2.19. The number of carbonyl (C=O) groups excluding carboxylic acids is 2. The van der Waals surface area contributed by atoms with E-state index >= 15 is 0 Å². The number of aryl methyl sites for hydroxylation is 1. The number of morpholine rings is 1. The van der Waals surface area contributed by atoms with Gasteiger partial charge in [-0.1, -0.05) is 30.3 Å². The summed E-state index contributed by atoms with van der Waals surface area (Å²) in [6.07, 6.45) is 0. The van der Waals surface area contributed by atoms with E-state index in [9.17, 15) is 9.59 Å². The van der Waals surface area contributed by atoms with E-state index in [0.29, 0.717) is 50.7 Å². The van der Waals surface area contributed by atoms with Gasteiger partial charge in [0.1, 0.15) is 12.4 Å². The molecule has 29 heavy (non-hydrogen) atoms. The van der Waals surface area contributed by atoms with Crippen LogP contribution < -0.4 is 10.1 Å². The van der Waals surface area contributed by atoms with Gasteiger partial charge in [-0.3, -0.25) is 4.79 Å². The van der Waals surface area contributed by atoms with Gasteiger partial charge in [0.05, 0.1) is 31.0 Å². The third-order valence-electron chi connectivity index (χ3n) is 4.82. The van der Waals surface area contributed by atoms with Crippen LogP contribution in [-0.2, 0) is 4.74 Å². The molecule has 0 unspecified atom stereocenters. The van der Waals surface area contributed by atoms with Gasteiger partial charge in [-0.25, -0.2) is 4.79 Å². The summed E-state index contributed by atoms with van der Waals surface area (Å²) in [6.45, 7) is 4.94. The molecule has 0 bridgehead atoms. The van der Waals surface area contributed by atoms with Crippen molar-refractivity contribution in [1.29, 1.82) is 0 Å². The maximum atomic E-state index is 12.8. The number of carbonyl (C=O) groups is 2. The molecular formula is C22H27N3O4. The first-order valence-corrected chi connectivity index (χ1v) is 9.73. The van der Waals surface area contributed by atoms with E-state index in [-0.39, 0.29) is 11.9 Å². The third-order valence-corrected chi connectivity index (χ3v) is 4.82. The zero-order valence-electron chi connectivity index (χ0n) is 16.9. The first kappa shape index (κ1) is 20.7. The fourth-order valence-corrected chi connectivity index (χ4v) is 3.04. The Balaban J connectivity index is 1.57. The van der Waals surface area contributed by atoms with E-state index in [1.54, 1.807) is 36.2 Å². The minimum atomic E-state index is -0.291. The van der Waals surface area contributed by atoms with E-state index < -0.39 is 0 Å². The van der Waals surface area contributed by atoms with Crippen LogP contribution in [-0.4, -0.2) is 68.2 Å². The molecule has 0 saturated carbocycles. The number of anilines is 1. The lowest BCUT2D eigenvalue weighted by Gasteiger charge is -2.28. The van der Waals surface area contributed by atoms with Crippen molar-refractivity contribution in [1.82, 2.24) is 9.80 Å². The van der Waals surface area contributed by atoms with E-state index in [0.717, 1.165) is 11.3 Å². The summed E-state index contributed by atoms with van der Waals surface area (Å²) in [7, 11) is 1.70. The molecule has 1 heterocycles. The van der Waals surface area contributed by atoms with Gasteiger partial charge in [-0.05, 0) is 30.7 Å². The van der Waals surface area contributed by atoms with Gasteiger partial charge in [0.2, 0.25) is 0 Å². The predicted octanol–water partition coefficient (Wildman–Crippen LogP) is 3.01. The van der Waals surface area contributed by atoms with E-state index in [1.807, 2.05) is 31.2 Å². The summed E-state index contributed by atoms with van der Waals surface area (Å²) in [5, 5.41) is 2.84. The molecule has 0 radical (unpaired) electrons. The lowest BCUT2D eigenvalue weighted by molar-refractivity contribution is 0.0303. The molecule has 0 spiro atoms. The van der Waals surface area contributed by atoms with Crippen molar-refractivity contribution in [3.05, 3.63) is 59.7 Å². The fourth-order valence-electron chi connectivity index (χ4n) is 3.04. The van der Waals surface area contributed by atoms with Crippen molar-refractivity contribution in [2.24, 2.45) is 0 Å². The van der Waals surface area contributed by atoms with Crippen LogP contribution in [0.1, 0.15) is 15.9 Å². The highest BCUT2D eigenvalue weighted by molar-refractivity contribution is 6.03. The lowest BCUT2D eigenvalue weighted by Crippen LogP contribution is -2.41. The van der Waals surface area contributed by atoms with Crippen LogP contribution in [0.5, 0.6) is 5.75 Å². The third kappa shape index (κ3) is 5.48. The normalized spacial score (nSPS) is 13.7. The minimum absolute atomic E-state index is 0.102. The molecular weight excluding hydrogens is 370 g/mol. The van der Waals surface area contributed by atoms with Crippen LogP contribution >= 0.6 is 0 Å². The Morgan fingerprint density at radius 3 is 2.55 bits per heavy atom. The van der Waals surface area contributed by atoms with Crippen molar-refractivity contribution >= 4 is 17.6 Å². The SMILES string of the molecule is Cc1ccccc1OCCN(C)C(=O)Nc1ccccc1C(=O)N1CCOCC1. The summed E-state index contributed by atoms with van der Waals surface area (Å²) in [5.74, 6) is 0.706. The molecule has 2 aromatic rings. The molecule has 3 amide bonds. The van der Waals surface area contributed by atoms with Crippen LogP contribution in [0.25, 0.3) is 0 Å². The van der Waals surface area contributed by atoms with E-state index in [4.69, 9.17) is 9.47 Å². The smallest absolute Gasteiger partial charge is 0.321 e. The van der Waals surface area contributed by atoms with Crippen LogP contribution in [0.4, 0.5) is 10.5 Å². The van der Waals surface area contributed by atoms with Crippen LogP contribution in [0.2, 0.25) is 0 Å². The molecule has 0 aromatic heterocycles. The highest BCUT2D eigenvalue weighted by atomic mass is 16.5. The molecule has 1 N–H and O–H groups in total. The Kier molecular flexibility index (Phi) is 7.08. The van der Waals surface area contributed by atoms with Crippen molar-refractivity contribution < 1.29 is 19.1 Å². The molecule has 1 aliphatic heterocycles. The average Bonchev–Trinajstić information content (AvgIpc) is 2.75. The largest absolute Gasteiger partial charge is 0.491 e. The van der Waals surface area contributed by atoms with Crippen molar-refractivity contribution in [2.75, 3.05) is 51.8 Å². The summed E-state index contributed by atoms with van der Waals surface area (Å²) in [5.41, 5.74) is 2.03. The maximum Gasteiger partial charge on any atom is 0.321 e. The number of rotatable bonds is 6. The summed E-state index contributed by atoms with van der Waals surface area (Å²) in [6, 6.07) is 14.5. The van der Waals surface area contributed by atoms with Gasteiger partial charge >= 0.3 is 6.03 Å². The first-order valence-electron chi connectivity index (χ1n) is 9.73. The molecule has 1 saturated heterocycles. The highest BCUT2D eigenvalue weighted by Gasteiger charge is 2.22. The average molecular weight is 397 g/mol. The van der Waals surface area contributed by atoms with Crippen molar-refractivity contribution in [3.63, 3.8) is 0 Å². The van der Waals surface area contributed by atoms with Gasteiger partial charge in [0.15, 0.2) is 0 Å². The van der Waals surface area contributed by atoms with E-state index in [2.05, 4.69) is 5.32 Å². The fraction of sp³-hybridized carbons (Fsp3) is 0.364. The standard InChI is InChI=1S/C22H27N3O4/c1-17-7-3-6-10-20(17)29-16-11-24(2)22(27)23-19-9-5-4-8-18(19)21(26)25-12-14-28-15-13-25/h3-10H,11-16H2,1-2H3,(H,23,27). The number of nitrogens with one attached hydrogen (secondary N) is 1. The maximum absolute atomic E-state index is 12.8. The lowest BCUT2D eigenvalue weighted by atomic mass is 10.1. The zero-order chi connectivity index (χ0) is 20.6. The number of ether oxygens (including phenoxy) is 2. The van der Waals surface area contributed by atoms with Gasteiger partial charge in [-0.15, -0.1) is 0 Å². The Morgan fingerprint density at radius 1 is 1.10 bits per heavy atom. The Hall–Kier alpha value is -3.06. The number of nitrogens with zero attached hydrogens (tertiary/aromatic N) is 2. The van der Waals surface area contributed by atoms with Gasteiger partial charge in [0, 0.05) is 20.1 Å². The van der Waals surface area contributed by atoms with Gasteiger partial charge in [0.25, 0.3) is 5.91 Å². The quantitative estimate of drug-likeness (QED) is 0.813. The molecule has 0 atom stereocenters. The molecule has 1 aliphatic rings. The zero-order valence-corrected chi connectivity index (χ0v) is 16.9. The molecule has 3 rings (SSSR count). The number of amides is 3. The minimum Gasteiger partial charge on any atom is -0.491 e. The number of hydrogen-bond donors (Lipinski definition) is 1. The molecule has 7 nitrogen and oxygen atoms in total. The molecule has 154 valence electrons. The van der Waals surface area contributed by atoms with Crippen molar-refractivity contribution in [2.45, 2.75) is 6.92 Å². The number of benzene rings is 2. The summed E-state index contributed by atoms with van der Waals surface area (Å²) in [4.78, 5) is 28.7. The molecule has 1 fully saturated rings. The van der Waals surface area contributed by atoms with Gasteiger partial charge < -0.3 is 24.6 Å². The number of likely N-dealkylation sites (N-methyl/N-ethyl adjacent to an activating group) is 1. The van der Waals surface area contributed by atoms with Crippen LogP contribution in [0.15, 0.2) is 48.5 Å². The van der Waals surface area contributed by atoms with Gasteiger partial charge in [-0.2, -0.15) is 0 Å². The molecule has 7 heteroatoms. The first-order chi connectivity index (χ1) is 14.1. The molecule has 2 aromatic carbocycles. The Morgan fingerprint density at radius 2 is 1.79 bits per heavy atom. The van der Waals surface area contributed by atoms with Crippen LogP contribution in [0, 0.1) is 6.92 Å². The second-order valence-corrected chi connectivity index (χ2v) is 6.92. The second-order valence-electron chi connectivity index (χ2n) is 6.92. The van der Waals surface area contributed by atoms with Crippen molar-refractivity contribution in [3.8, 4) is 5.75 Å². The predicted molar refractivity (Wildman–Crippen MR) is 111 cm³/mol. The molecule has 0 aliphatic carbocycles. The second kappa shape index (κ2) is 9.93. The van der Waals surface area contributed by atoms with E-state index in [1.165, 1.54) is 4.90 Å². The number of para-hydroxylation sites is 2. The Bertz CT molecular complexity index is 849. The Labute approximate surface area is 171 Å². The van der Waals surface area contributed by atoms with Crippen LogP contribution in [0.3, 0.4) is 0 Å². The summed E-state index contributed by atoms with van der Waals surface area (Å²) >= 11 is 0. The topological polar surface area (TPSA) is 71.1 Å². The monoisotopic (exact) mass is 397 g/mol. The number of hydrogen-bond acceptors (Lipinski definition) is 4.